The van der Waals surface area contributed by atoms with E-state index in [2.05, 4.69) is 5.32 Å². The van der Waals surface area contributed by atoms with Crippen molar-refractivity contribution in [1.82, 2.24) is 10.2 Å². The van der Waals surface area contributed by atoms with Crippen molar-refractivity contribution in [2.75, 3.05) is 6.54 Å². The molecule has 0 saturated heterocycles. The molecule has 1 aliphatic heterocycles. The summed E-state index contributed by atoms with van der Waals surface area (Å²) in [5.41, 5.74) is 3.29. The van der Waals surface area contributed by atoms with E-state index in [1.807, 2.05) is 38.1 Å². The fraction of sp³-hybridized carbons (Fsp3) is 0.222. The molecule has 33 heavy (non-hydrogen) atoms. The number of hydrogen-bond donors (Lipinski definition) is 1. The molecule has 3 aromatic carbocycles. The van der Waals surface area contributed by atoms with Crippen LogP contribution in [0.4, 0.5) is 0 Å². The van der Waals surface area contributed by atoms with Crippen LogP contribution in [0.5, 0.6) is 5.75 Å². The maximum atomic E-state index is 12.5. The molecule has 1 aliphatic rings. The molecule has 6 nitrogen and oxygen atoms in total. The fourth-order valence-corrected chi connectivity index (χ4v) is 3.76. The number of hydrogen-bond acceptors (Lipinski definition) is 4. The zero-order chi connectivity index (χ0) is 23.4. The Labute approximate surface area is 193 Å². The molecule has 0 bridgehead atoms. The molecule has 0 fully saturated rings. The number of nitrogens with one attached hydrogen (secondary N) is 1. The first kappa shape index (κ1) is 22.3. The lowest BCUT2D eigenvalue weighted by Gasteiger charge is -2.14. The quantitative estimate of drug-likeness (QED) is 0.530. The van der Waals surface area contributed by atoms with Crippen molar-refractivity contribution in [2.24, 2.45) is 0 Å². The number of carbonyl (C=O) groups excluding carboxylic acids is 3. The number of imide groups is 1. The van der Waals surface area contributed by atoms with Crippen LogP contribution in [0.25, 0.3) is 0 Å². The topological polar surface area (TPSA) is 75.7 Å². The Morgan fingerprint density at radius 1 is 0.848 bits per heavy atom. The second-order valence-electron chi connectivity index (χ2n) is 8.26. The summed E-state index contributed by atoms with van der Waals surface area (Å²) >= 11 is 0. The third kappa shape index (κ3) is 5.12. The van der Waals surface area contributed by atoms with Crippen molar-refractivity contribution >= 4 is 17.7 Å². The third-order valence-electron chi connectivity index (χ3n) is 5.43. The van der Waals surface area contributed by atoms with E-state index in [0.29, 0.717) is 29.7 Å². The van der Waals surface area contributed by atoms with Crippen LogP contribution in [0.1, 0.15) is 56.0 Å². The summed E-state index contributed by atoms with van der Waals surface area (Å²) < 4.78 is 5.64. The first-order valence-corrected chi connectivity index (χ1v) is 11.0. The molecule has 3 aromatic rings. The Kier molecular flexibility index (Phi) is 6.54. The van der Waals surface area contributed by atoms with Crippen LogP contribution in [0.3, 0.4) is 0 Å². The van der Waals surface area contributed by atoms with E-state index in [4.69, 9.17) is 4.74 Å². The summed E-state index contributed by atoms with van der Waals surface area (Å²) in [4.78, 5) is 38.7. The number of amides is 3. The van der Waals surface area contributed by atoms with Crippen molar-refractivity contribution in [3.8, 4) is 5.75 Å². The number of carbonyl (C=O) groups is 3. The number of benzene rings is 3. The van der Waals surface area contributed by atoms with Crippen molar-refractivity contribution in [2.45, 2.75) is 32.9 Å². The number of nitrogens with zero attached hydrogens (tertiary/aromatic N) is 1. The molecule has 6 heteroatoms. The van der Waals surface area contributed by atoms with Gasteiger partial charge in [0, 0.05) is 12.1 Å². The first-order chi connectivity index (χ1) is 15.9. The molecule has 1 N–H and O–H groups in total. The summed E-state index contributed by atoms with van der Waals surface area (Å²) in [6.45, 7) is 4.66. The van der Waals surface area contributed by atoms with E-state index in [1.165, 1.54) is 4.90 Å². The van der Waals surface area contributed by atoms with E-state index < -0.39 is 0 Å². The molecule has 168 valence electrons. The van der Waals surface area contributed by atoms with Gasteiger partial charge in [0.15, 0.2) is 0 Å². The molecule has 1 heterocycles. The van der Waals surface area contributed by atoms with Gasteiger partial charge in [-0.2, -0.15) is 0 Å². The molecule has 0 unspecified atom stereocenters. The van der Waals surface area contributed by atoms with E-state index in [0.717, 1.165) is 16.9 Å². The minimum absolute atomic E-state index is 0.133. The first-order valence-electron chi connectivity index (χ1n) is 11.0. The smallest absolute Gasteiger partial charge is 0.261 e. The summed E-state index contributed by atoms with van der Waals surface area (Å²) in [6.07, 6.45) is 0.847. The van der Waals surface area contributed by atoms with Crippen molar-refractivity contribution < 1.29 is 19.1 Å². The molecule has 0 saturated carbocycles. The van der Waals surface area contributed by atoms with Gasteiger partial charge in [0.2, 0.25) is 0 Å². The van der Waals surface area contributed by atoms with Crippen LogP contribution in [-0.4, -0.2) is 35.3 Å². The van der Waals surface area contributed by atoms with Gasteiger partial charge in [-0.25, -0.2) is 0 Å². The third-order valence-corrected chi connectivity index (χ3v) is 5.43. The van der Waals surface area contributed by atoms with Crippen LogP contribution in [0.2, 0.25) is 0 Å². The van der Waals surface area contributed by atoms with E-state index in [-0.39, 0.29) is 30.4 Å². The fourth-order valence-electron chi connectivity index (χ4n) is 3.76. The van der Waals surface area contributed by atoms with Gasteiger partial charge in [-0.3, -0.25) is 19.3 Å². The lowest BCUT2D eigenvalue weighted by Crippen LogP contribution is -2.29. The van der Waals surface area contributed by atoms with E-state index in [1.54, 1.807) is 48.5 Å². The van der Waals surface area contributed by atoms with Crippen LogP contribution >= 0.6 is 0 Å². The number of rotatable bonds is 8. The Morgan fingerprint density at radius 2 is 1.42 bits per heavy atom. The predicted octanol–water partition coefficient (Wildman–Crippen LogP) is 4.24. The molecule has 0 spiro atoms. The summed E-state index contributed by atoms with van der Waals surface area (Å²) in [5, 5.41) is 2.92. The SMILES string of the molecule is CC(C)Oc1ccc(CCNC(=O)c2ccc(CN3C(=O)c4ccccc4C3=O)cc2)cc1. The number of ether oxygens (including phenoxy) is 1. The van der Waals surface area contributed by atoms with E-state index >= 15 is 0 Å². The average Bonchev–Trinajstić information content (AvgIpc) is 3.05. The minimum Gasteiger partial charge on any atom is -0.491 e. The van der Waals surface area contributed by atoms with Gasteiger partial charge < -0.3 is 10.1 Å². The van der Waals surface area contributed by atoms with Gasteiger partial charge in [-0.05, 0) is 67.8 Å². The molecule has 0 atom stereocenters. The summed E-state index contributed by atoms with van der Waals surface area (Å²) in [6, 6.07) is 21.6. The van der Waals surface area contributed by atoms with Crippen LogP contribution in [0, 0.1) is 0 Å². The van der Waals surface area contributed by atoms with E-state index in [9.17, 15) is 14.4 Å². The average molecular weight is 443 g/mol. The predicted molar refractivity (Wildman–Crippen MR) is 125 cm³/mol. The lowest BCUT2D eigenvalue weighted by atomic mass is 10.1. The Hall–Kier alpha value is -3.93. The molecular formula is C27H26N2O4. The van der Waals surface area contributed by atoms with Gasteiger partial charge in [-0.1, -0.05) is 36.4 Å². The second-order valence-corrected chi connectivity index (χ2v) is 8.26. The van der Waals surface area contributed by atoms with Crippen LogP contribution < -0.4 is 10.1 Å². The zero-order valence-electron chi connectivity index (χ0n) is 18.7. The molecule has 0 aliphatic carbocycles. The highest BCUT2D eigenvalue weighted by molar-refractivity contribution is 6.21. The monoisotopic (exact) mass is 442 g/mol. The Balaban J connectivity index is 1.29. The van der Waals surface area contributed by atoms with Gasteiger partial charge in [0.25, 0.3) is 17.7 Å². The van der Waals surface area contributed by atoms with Crippen LogP contribution in [-0.2, 0) is 13.0 Å². The molecule has 3 amide bonds. The highest BCUT2D eigenvalue weighted by atomic mass is 16.5. The molecule has 0 aromatic heterocycles. The van der Waals surface area contributed by atoms with Crippen LogP contribution in [0.15, 0.2) is 72.8 Å². The minimum atomic E-state index is -0.291. The Morgan fingerprint density at radius 3 is 2.00 bits per heavy atom. The second kappa shape index (κ2) is 9.69. The largest absolute Gasteiger partial charge is 0.491 e. The van der Waals surface area contributed by atoms with Gasteiger partial charge >= 0.3 is 0 Å². The summed E-state index contributed by atoms with van der Waals surface area (Å²) in [5.74, 6) is 0.0866. The molecule has 0 radical (unpaired) electrons. The Bertz CT molecular complexity index is 1130. The van der Waals surface area contributed by atoms with Gasteiger partial charge in [-0.15, -0.1) is 0 Å². The van der Waals surface area contributed by atoms with Crippen molar-refractivity contribution in [1.29, 1.82) is 0 Å². The summed E-state index contributed by atoms with van der Waals surface area (Å²) in [7, 11) is 0. The van der Waals surface area contributed by atoms with Gasteiger partial charge in [0.1, 0.15) is 5.75 Å². The van der Waals surface area contributed by atoms with Crippen molar-refractivity contribution in [3.05, 3.63) is 101 Å². The standard InChI is InChI=1S/C27H26N2O4/c1-18(2)33-22-13-9-19(10-14-22)15-16-28-25(30)21-11-7-20(8-12-21)17-29-26(31)23-5-3-4-6-24(23)27(29)32/h3-14,18H,15-17H2,1-2H3,(H,28,30). The highest BCUT2D eigenvalue weighted by Crippen LogP contribution is 2.24. The number of fused-ring (bicyclic) bond motifs is 1. The zero-order valence-corrected chi connectivity index (χ0v) is 18.7. The highest BCUT2D eigenvalue weighted by Gasteiger charge is 2.34. The maximum Gasteiger partial charge on any atom is 0.261 e. The normalized spacial score (nSPS) is 12.8. The van der Waals surface area contributed by atoms with Crippen molar-refractivity contribution in [3.63, 3.8) is 0 Å². The molecule has 4 rings (SSSR count). The van der Waals surface area contributed by atoms with Gasteiger partial charge in [0.05, 0.1) is 23.8 Å². The maximum absolute atomic E-state index is 12.5. The molecular weight excluding hydrogens is 416 g/mol. The lowest BCUT2D eigenvalue weighted by molar-refractivity contribution is 0.0641.